The van der Waals surface area contributed by atoms with E-state index in [1.165, 1.54) is 0 Å². The molecule has 1 aliphatic heterocycles. The molecule has 2 amide bonds. The Balaban J connectivity index is 1.88. The lowest BCUT2D eigenvalue weighted by Crippen LogP contribution is -2.56. The summed E-state index contributed by atoms with van der Waals surface area (Å²) >= 11 is 0. The summed E-state index contributed by atoms with van der Waals surface area (Å²) in [7, 11) is -3.56. The van der Waals surface area contributed by atoms with Crippen LogP contribution in [0.15, 0.2) is 54.6 Å². The van der Waals surface area contributed by atoms with E-state index >= 15 is 0 Å². The fraction of sp³-hybridized carbons (Fsp3) is 0.605. The summed E-state index contributed by atoms with van der Waals surface area (Å²) in [6.45, 7) is 18.9. The molecule has 0 spiro atoms. The first kappa shape index (κ1) is 40.2. The van der Waals surface area contributed by atoms with Gasteiger partial charge in [-0.2, -0.15) is 0 Å². The van der Waals surface area contributed by atoms with Crippen molar-refractivity contribution in [2.75, 3.05) is 32.4 Å². The molecule has 0 bridgehead atoms. The molecule has 0 saturated carbocycles. The highest BCUT2D eigenvalue weighted by Gasteiger charge is 2.59. The highest BCUT2D eigenvalue weighted by atomic mass is 31.2. The van der Waals surface area contributed by atoms with Gasteiger partial charge in [0.05, 0.1) is 6.61 Å². The zero-order chi connectivity index (χ0) is 36.7. The molecule has 1 fully saturated rings. The number of imide groups is 1. The van der Waals surface area contributed by atoms with Gasteiger partial charge >= 0.3 is 18.2 Å². The van der Waals surface area contributed by atoms with Gasteiger partial charge in [0.25, 0.3) is 0 Å². The van der Waals surface area contributed by atoms with Crippen LogP contribution in [0.3, 0.4) is 0 Å². The van der Waals surface area contributed by atoms with Crippen molar-refractivity contribution in [3.63, 3.8) is 0 Å². The summed E-state index contributed by atoms with van der Waals surface area (Å²) in [6, 6.07) is 18.5. The lowest BCUT2D eigenvalue weighted by molar-refractivity contribution is -0.160. The second-order valence-corrected chi connectivity index (χ2v) is 18.6. The Labute approximate surface area is 293 Å². The summed E-state index contributed by atoms with van der Waals surface area (Å²) < 4.78 is 37.8. The monoisotopic (exact) mass is 700 g/mol. The average Bonchev–Trinajstić information content (AvgIpc) is 2.97. The third-order valence-corrected chi connectivity index (χ3v) is 11.2. The number of hydrogen-bond donors (Lipinski definition) is 0. The number of carbonyl (C=O) groups excluding carboxylic acids is 3. The lowest BCUT2D eigenvalue weighted by atomic mass is 9.98. The molecule has 11 heteroatoms. The van der Waals surface area contributed by atoms with E-state index in [4.69, 9.17) is 18.7 Å². The zero-order valence-electron chi connectivity index (χ0n) is 31.2. The predicted octanol–water partition coefficient (Wildman–Crippen LogP) is 8.91. The van der Waals surface area contributed by atoms with Crippen LogP contribution in [0, 0.1) is 0 Å². The Hall–Kier alpha value is -3.20. The second-order valence-electron chi connectivity index (χ2n) is 15.7. The molecule has 1 aliphatic rings. The van der Waals surface area contributed by atoms with Crippen molar-refractivity contribution in [2.24, 2.45) is 0 Å². The molecule has 2 unspecified atom stereocenters. The third kappa shape index (κ3) is 11.7. The summed E-state index contributed by atoms with van der Waals surface area (Å²) in [5, 5.41) is -1.44. The van der Waals surface area contributed by atoms with Crippen LogP contribution >= 0.6 is 7.37 Å². The highest BCUT2D eigenvalue weighted by Crippen LogP contribution is 2.64. The van der Waals surface area contributed by atoms with Crippen LogP contribution < -0.4 is 0 Å². The molecular weight excluding hydrogens is 643 g/mol. The van der Waals surface area contributed by atoms with Gasteiger partial charge in [-0.15, -0.1) is 0 Å². The molecule has 2 aromatic carbocycles. The molecule has 2 aromatic rings. The van der Waals surface area contributed by atoms with Gasteiger partial charge in [0, 0.05) is 32.3 Å². The fourth-order valence-corrected chi connectivity index (χ4v) is 8.78. The zero-order valence-corrected chi connectivity index (χ0v) is 32.1. The van der Waals surface area contributed by atoms with Crippen LogP contribution in [0.4, 0.5) is 9.59 Å². The molecule has 0 aliphatic carbocycles. The first-order valence-corrected chi connectivity index (χ1v) is 19.1. The minimum absolute atomic E-state index is 0.00929. The maximum atomic E-state index is 14.8. The summed E-state index contributed by atoms with van der Waals surface area (Å²) in [5.41, 5.74) is 0.840. The van der Waals surface area contributed by atoms with E-state index in [2.05, 4.69) is 41.3 Å². The molecule has 0 radical (unpaired) electrons. The van der Waals surface area contributed by atoms with E-state index < -0.39 is 47.5 Å². The first-order valence-electron chi connectivity index (χ1n) is 17.2. The van der Waals surface area contributed by atoms with E-state index in [9.17, 15) is 18.9 Å². The highest BCUT2D eigenvalue weighted by molar-refractivity contribution is 7.62. The average molecular weight is 701 g/mol. The molecule has 2 atom stereocenters. The molecular formula is C38H57N2O8P. The number of nitrogens with zero attached hydrogens (tertiary/aromatic N) is 2. The molecule has 272 valence electrons. The Bertz CT molecular complexity index is 1430. The largest absolute Gasteiger partial charge is 0.459 e. The Morgan fingerprint density at radius 2 is 1.31 bits per heavy atom. The van der Waals surface area contributed by atoms with Gasteiger partial charge in [-0.1, -0.05) is 54.6 Å². The molecule has 49 heavy (non-hydrogen) atoms. The number of unbranched alkanes of at least 4 members (excludes halogenated alkanes) is 1. The van der Waals surface area contributed by atoms with Gasteiger partial charge in [0.2, 0.25) is 7.37 Å². The number of ether oxygens (including phenoxy) is 3. The van der Waals surface area contributed by atoms with E-state index in [0.717, 1.165) is 21.6 Å². The van der Waals surface area contributed by atoms with E-state index in [1.807, 2.05) is 18.2 Å². The van der Waals surface area contributed by atoms with Gasteiger partial charge in [-0.05, 0) is 105 Å². The van der Waals surface area contributed by atoms with Crippen molar-refractivity contribution in [1.29, 1.82) is 0 Å². The normalized spacial score (nSPS) is 20.4. The van der Waals surface area contributed by atoms with Crippen molar-refractivity contribution in [1.82, 2.24) is 9.80 Å². The van der Waals surface area contributed by atoms with Gasteiger partial charge in [0.1, 0.15) is 16.8 Å². The number of benzene rings is 2. The van der Waals surface area contributed by atoms with Crippen LogP contribution in [0.25, 0.3) is 11.1 Å². The minimum Gasteiger partial charge on any atom is -0.459 e. The van der Waals surface area contributed by atoms with Crippen LogP contribution in [0.5, 0.6) is 0 Å². The molecule has 10 nitrogen and oxygen atoms in total. The van der Waals surface area contributed by atoms with Crippen molar-refractivity contribution in [2.45, 2.75) is 117 Å². The standard InChI is InChI=1S/C38H57N2O8P/c1-11-45-49(44)26-25-39(27-29-19-21-31(22-20-29)30-17-13-12-14-18-30)28-38(49,32(41)46-35(2,3)4)23-15-16-24-40(33(42)47-36(5,6)7)34(43)48-37(8,9)10/h12-14,17-22H,11,15-16,23-28H2,1-10H3. The van der Waals surface area contributed by atoms with Crippen molar-refractivity contribution in [3.05, 3.63) is 60.2 Å². The molecule has 0 aromatic heterocycles. The molecule has 3 rings (SSSR count). The Morgan fingerprint density at radius 1 is 0.776 bits per heavy atom. The smallest absolute Gasteiger partial charge is 0.419 e. The Morgan fingerprint density at radius 3 is 1.82 bits per heavy atom. The fourth-order valence-electron chi connectivity index (χ4n) is 5.77. The van der Waals surface area contributed by atoms with Gasteiger partial charge in [-0.3, -0.25) is 14.3 Å². The summed E-state index contributed by atoms with van der Waals surface area (Å²) in [5.74, 6) is -0.558. The summed E-state index contributed by atoms with van der Waals surface area (Å²) in [6.07, 6.45) is -0.575. The van der Waals surface area contributed by atoms with Crippen LogP contribution in [0.2, 0.25) is 0 Å². The van der Waals surface area contributed by atoms with Gasteiger partial charge in [-0.25, -0.2) is 14.5 Å². The SMILES string of the molecule is CCOP1(=O)CCN(Cc2ccc(-c3ccccc3)cc2)CC1(CCCCN(C(=O)OC(C)(C)C)C(=O)OC(C)(C)C)C(=O)OC(C)(C)C. The molecule has 1 saturated heterocycles. The predicted molar refractivity (Wildman–Crippen MR) is 193 cm³/mol. The van der Waals surface area contributed by atoms with Crippen LogP contribution in [0.1, 0.15) is 94.1 Å². The number of amides is 2. The maximum Gasteiger partial charge on any atom is 0.419 e. The van der Waals surface area contributed by atoms with Crippen molar-refractivity contribution in [3.8, 4) is 11.1 Å². The van der Waals surface area contributed by atoms with Crippen LogP contribution in [-0.2, 0) is 34.6 Å². The summed E-state index contributed by atoms with van der Waals surface area (Å²) in [4.78, 5) is 43.5. The number of rotatable bonds is 11. The van der Waals surface area contributed by atoms with E-state index in [0.29, 0.717) is 25.9 Å². The second kappa shape index (κ2) is 16.2. The number of hydrogen-bond acceptors (Lipinski definition) is 9. The molecule has 1 heterocycles. The lowest BCUT2D eigenvalue weighted by Gasteiger charge is -2.46. The Kier molecular flexibility index (Phi) is 13.3. The number of carbonyl (C=O) groups is 3. The van der Waals surface area contributed by atoms with E-state index in [-0.39, 0.29) is 32.3 Å². The van der Waals surface area contributed by atoms with Crippen molar-refractivity contribution >= 4 is 25.5 Å². The quantitative estimate of drug-likeness (QED) is 0.0982. The van der Waals surface area contributed by atoms with Gasteiger partial charge < -0.3 is 18.7 Å². The third-order valence-electron chi connectivity index (χ3n) is 7.88. The minimum atomic E-state index is -3.56. The maximum absolute atomic E-state index is 14.8. The van der Waals surface area contributed by atoms with Crippen LogP contribution in [-0.4, -0.2) is 82.3 Å². The number of esters is 1. The molecule has 0 N–H and O–H groups in total. The van der Waals surface area contributed by atoms with Crippen molar-refractivity contribution < 1.29 is 37.7 Å². The van der Waals surface area contributed by atoms with Gasteiger partial charge in [0.15, 0.2) is 5.16 Å². The topological polar surface area (TPSA) is 112 Å². The van der Waals surface area contributed by atoms with E-state index in [1.54, 1.807) is 69.2 Å². The first-order chi connectivity index (χ1) is 22.7.